The molecule has 0 spiro atoms. The number of ether oxygens (including phenoxy) is 3. The number of rotatable bonds is 71. The molecule has 6 heteroatoms. The minimum Gasteiger partial charge on any atom is -0.462 e. The first-order valence-corrected chi connectivity index (χ1v) is 37.5. The summed E-state index contributed by atoms with van der Waals surface area (Å²) in [5.74, 6) is -0.835. The fourth-order valence-corrected chi connectivity index (χ4v) is 12.0. The van der Waals surface area contributed by atoms with Gasteiger partial charge < -0.3 is 14.2 Å². The lowest BCUT2D eigenvalue weighted by Crippen LogP contribution is -2.30. The summed E-state index contributed by atoms with van der Waals surface area (Å²) >= 11 is 0. The summed E-state index contributed by atoms with van der Waals surface area (Å²) in [6.45, 7) is 6.68. The Balaban J connectivity index is 3.88. The highest BCUT2D eigenvalue weighted by Gasteiger charge is 2.20. The first kappa shape index (κ1) is 79.4. The van der Waals surface area contributed by atoms with Gasteiger partial charge in [-0.15, -0.1) is 0 Å². The number of esters is 3. The average Bonchev–Trinajstić information content (AvgIpc) is 3.47. The van der Waals surface area contributed by atoms with Crippen LogP contribution in [0, 0.1) is 0 Å². The first-order chi connectivity index (χ1) is 40.0. The monoisotopic (exact) mass is 1140 g/mol. The maximum Gasteiger partial charge on any atom is 0.306 e. The van der Waals surface area contributed by atoms with Crippen LogP contribution in [-0.2, 0) is 28.6 Å². The number of carbonyl (C=O) groups is 3. The van der Waals surface area contributed by atoms with Crippen LogP contribution in [0.25, 0.3) is 0 Å². The molecular weight excluding hydrogens is 997 g/mol. The van der Waals surface area contributed by atoms with Crippen LogP contribution in [-0.4, -0.2) is 37.2 Å². The van der Waals surface area contributed by atoms with E-state index >= 15 is 0 Å². The second-order valence-corrected chi connectivity index (χ2v) is 25.9. The molecular formula is C75H146O6. The van der Waals surface area contributed by atoms with E-state index < -0.39 is 6.10 Å². The van der Waals surface area contributed by atoms with Gasteiger partial charge in [0.2, 0.25) is 0 Å². The van der Waals surface area contributed by atoms with Crippen molar-refractivity contribution in [1.29, 1.82) is 0 Å². The molecule has 482 valence electrons. The molecule has 0 bridgehead atoms. The Kier molecular flexibility index (Phi) is 69.5. The molecule has 0 amide bonds. The highest BCUT2D eigenvalue weighted by Crippen LogP contribution is 2.20. The third-order valence-electron chi connectivity index (χ3n) is 17.6. The first-order valence-electron chi connectivity index (χ1n) is 37.5. The largest absolute Gasteiger partial charge is 0.462 e. The van der Waals surface area contributed by atoms with Crippen molar-refractivity contribution in [2.75, 3.05) is 13.2 Å². The van der Waals surface area contributed by atoms with Crippen LogP contribution in [0.2, 0.25) is 0 Å². The molecule has 1 atom stereocenters. The summed E-state index contributed by atoms with van der Waals surface area (Å²) < 4.78 is 16.9. The molecule has 6 nitrogen and oxygen atoms in total. The van der Waals surface area contributed by atoms with Crippen LogP contribution in [0.3, 0.4) is 0 Å². The Morgan fingerprint density at radius 2 is 0.333 bits per heavy atom. The molecule has 0 heterocycles. The highest BCUT2D eigenvalue weighted by molar-refractivity contribution is 5.71. The predicted molar refractivity (Wildman–Crippen MR) is 354 cm³/mol. The zero-order valence-electron chi connectivity index (χ0n) is 55.6. The van der Waals surface area contributed by atoms with Gasteiger partial charge in [0.15, 0.2) is 6.10 Å². The van der Waals surface area contributed by atoms with Crippen molar-refractivity contribution in [2.45, 2.75) is 451 Å². The molecule has 0 saturated heterocycles. The molecule has 0 N–H and O–H groups in total. The van der Waals surface area contributed by atoms with Crippen LogP contribution < -0.4 is 0 Å². The van der Waals surface area contributed by atoms with Crippen LogP contribution >= 0.6 is 0 Å². The molecule has 0 aromatic heterocycles. The standard InChI is InChI=1S/C75H146O6/c1-4-7-10-13-16-18-20-22-24-26-28-30-32-34-35-36-37-38-39-40-41-42-44-45-47-49-51-53-55-57-59-62-65-68-74(77)80-71-72(70-79-73(76)67-64-61-15-12-9-6-3)81-75(78)69-66-63-60-58-56-54-52-50-48-46-43-33-31-29-27-25-23-21-19-17-14-11-8-5-2/h72H,4-71H2,1-3H3. The van der Waals surface area contributed by atoms with Gasteiger partial charge in [-0.25, -0.2) is 0 Å². The van der Waals surface area contributed by atoms with Gasteiger partial charge in [0.05, 0.1) is 0 Å². The SMILES string of the molecule is CCCCCCCCCCCCCCCCCCCCCCCCCCCCCCCCCCCC(=O)OCC(COC(=O)CCCCCCCC)OC(=O)CCCCCCCCCCCCCCCCCCCCCCCCCC. The minimum atomic E-state index is -0.762. The Morgan fingerprint density at radius 1 is 0.198 bits per heavy atom. The van der Waals surface area contributed by atoms with E-state index in [1.807, 2.05) is 0 Å². The van der Waals surface area contributed by atoms with E-state index in [1.165, 1.54) is 347 Å². The van der Waals surface area contributed by atoms with Crippen LogP contribution in [0.15, 0.2) is 0 Å². The van der Waals surface area contributed by atoms with Crippen LogP contribution in [0.5, 0.6) is 0 Å². The molecule has 0 aliphatic heterocycles. The van der Waals surface area contributed by atoms with Gasteiger partial charge in [-0.1, -0.05) is 406 Å². The molecule has 81 heavy (non-hydrogen) atoms. The molecule has 0 radical (unpaired) electrons. The van der Waals surface area contributed by atoms with Crippen molar-refractivity contribution < 1.29 is 28.6 Å². The number of unbranched alkanes of at least 4 members (excludes halogenated alkanes) is 60. The summed E-state index contributed by atoms with van der Waals surface area (Å²) in [5.41, 5.74) is 0. The van der Waals surface area contributed by atoms with Crippen molar-refractivity contribution >= 4 is 17.9 Å². The van der Waals surface area contributed by atoms with Gasteiger partial charge in [-0.2, -0.15) is 0 Å². The van der Waals surface area contributed by atoms with Gasteiger partial charge in [-0.05, 0) is 19.3 Å². The van der Waals surface area contributed by atoms with E-state index in [0.29, 0.717) is 19.3 Å². The fourth-order valence-electron chi connectivity index (χ4n) is 12.0. The Labute approximate surface area is 508 Å². The van der Waals surface area contributed by atoms with E-state index in [-0.39, 0.29) is 31.1 Å². The second kappa shape index (κ2) is 70.9. The van der Waals surface area contributed by atoms with Gasteiger partial charge in [0.25, 0.3) is 0 Å². The number of hydrogen-bond donors (Lipinski definition) is 0. The van der Waals surface area contributed by atoms with Gasteiger partial charge in [-0.3, -0.25) is 14.4 Å². The molecule has 0 rings (SSSR count). The van der Waals surface area contributed by atoms with Crippen molar-refractivity contribution in [1.82, 2.24) is 0 Å². The lowest BCUT2D eigenvalue weighted by molar-refractivity contribution is -0.167. The zero-order chi connectivity index (χ0) is 58.5. The fraction of sp³-hybridized carbons (Fsp3) is 0.960. The summed E-state index contributed by atoms with van der Waals surface area (Å²) in [5, 5.41) is 0. The maximum absolute atomic E-state index is 12.9. The lowest BCUT2D eigenvalue weighted by atomic mass is 10.0. The summed E-state index contributed by atoms with van der Waals surface area (Å²) in [6, 6.07) is 0. The van der Waals surface area contributed by atoms with Crippen molar-refractivity contribution in [3.8, 4) is 0 Å². The Hall–Kier alpha value is -1.59. The second-order valence-electron chi connectivity index (χ2n) is 25.9. The lowest BCUT2D eigenvalue weighted by Gasteiger charge is -2.18. The van der Waals surface area contributed by atoms with E-state index in [2.05, 4.69) is 20.8 Å². The molecule has 0 aromatic carbocycles. The number of hydrogen-bond acceptors (Lipinski definition) is 6. The Bertz CT molecular complexity index is 1220. The number of carbonyl (C=O) groups excluding carboxylic acids is 3. The molecule has 0 aliphatic rings. The van der Waals surface area contributed by atoms with E-state index in [0.717, 1.165) is 57.8 Å². The molecule has 0 aliphatic carbocycles. The van der Waals surface area contributed by atoms with E-state index in [9.17, 15) is 14.4 Å². The van der Waals surface area contributed by atoms with Gasteiger partial charge in [0.1, 0.15) is 13.2 Å². The normalized spacial score (nSPS) is 11.9. The van der Waals surface area contributed by atoms with Crippen molar-refractivity contribution in [3.05, 3.63) is 0 Å². The maximum atomic E-state index is 12.9. The predicted octanol–water partition coefficient (Wildman–Crippen LogP) is 25.8. The van der Waals surface area contributed by atoms with Crippen molar-refractivity contribution in [2.24, 2.45) is 0 Å². The average molecular weight is 1140 g/mol. The van der Waals surface area contributed by atoms with Gasteiger partial charge in [0, 0.05) is 19.3 Å². The van der Waals surface area contributed by atoms with Crippen LogP contribution in [0.4, 0.5) is 0 Å². The van der Waals surface area contributed by atoms with Crippen LogP contribution in [0.1, 0.15) is 445 Å². The quantitative estimate of drug-likeness (QED) is 0.0343. The van der Waals surface area contributed by atoms with Crippen molar-refractivity contribution in [3.63, 3.8) is 0 Å². The Morgan fingerprint density at radius 3 is 0.494 bits per heavy atom. The highest BCUT2D eigenvalue weighted by atomic mass is 16.6. The smallest absolute Gasteiger partial charge is 0.306 e. The molecule has 0 saturated carbocycles. The van der Waals surface area contributed by atoms with E-state index in [1.54, 1.807) is 0 Å². The minimum absolute atomic E-state index is 0.0615. The third kappa shape index (κ3) is 69.1. The topological polar surface area (TPSA) is 78.9 Å². The van der Waals surface area contributed by atoms with Gasteiger partial charge >= 0.3 is 17.9 Å². The zero-order valence-corrected chi connectivity index (χ0v) is 55.6. The summed E-state index contributed by atoms with van der Waals surface area (Å²) in [6.07, 6.45) is 85.0. The molecule has 1 unspecified atom stereocenters. The van der Waals surface area contributed by atoms with E-state index in [4.69, 9.17) is 14.2 Å². The third-order valence-corrected chi connectivity index (χ3v) is 17.6. The molecule has 0 fully saturated rings. The summed E-state index contributed by atoms with van der Waals surface area (Å²) in [7, 11) is 0. The summed E-state index contributed by atoms with van der Waals surface area (Å²) in [4.78, 5) is 38.1. The molecule has 0 aromatic rings.